The van der Waals surface area contributed by atoms with Crippen molar-refractivity contribution in [2.45, 2.75) is 42.1 Å². The molecule has 2 aromatic heterocycles. The molecule has 5 rings (SSSR count). The lowest BCUT2D eigenvalue weighted by Gasteiger charge is -2.25. The Morgan fingerprint density at radius 3 is 2.59 bits per heavy atom. The number of hydrogen-bond acceptors (Lipinski definition) is 9. The second-order valence-corrected chi connectivity index (χ2v) is 10.9. The van der Waals surface area contributed by atoms with Crippen LogP contribution in [0.15, 0.2) is 67.6 Å². The van der Waals surface area contributed by atoms with Gasteiger partial charge < -0.3 is 8.94 Å². The number of piperidine rings is 1. The molecule has 0 atom stereocenters. The third-order valence-electron chi connectivity index (χ3n) is 5.54. The van der Waals surface area contributed by atoms with Gasteiger partial charge in [-0.3, -0.25) is 0 Å². The van der Waals surface area contributed by atoms with Gasteiger partial charge in [-0.05, 0) is 38.0 Å². The minimum Gasteiger partial charge on any atom is -0.411 e. The molecular formula is C23H23N5O4S2. The molecular weight excluding hydrogens is 474 g/mol. The molecule has 11 heteroatoms. The smallest absolute Gasteiger partial charge is 0.277 e. The number of benzene rings is 2. The Kier molecular flexibility index (Phi) is 6.48. The van der Waals surface area contributed by atoms with E-state index in [0.29, 0.717) is 41.3 Å². The number of hydrogen-bond donors (Lipinski definition) is 0. The minimum absolute atomic E-state index is 0.230. The number of nitrogens with zero attached hydrogens (tertiary/aromatic N) is 5. The van der Waals surface area contributed by atoms with Gasteiger partial charge in [0.2, 0.25) is 27.6 Å². The number of aromatic nitrogens is 4. The Morgan fingerprint density at radius 2 is 1.79 bits per heavy atom. The first kappa shape index (κ1) is 22.8. The second kappa shape index (κ2) is 9.69. The molecule has 1 fully saturated rings. The SMILES string of the molecule is Cc1ccc(-c2noc(CSc3nnc(-c4cccc(S(=O)(=O)N5CCCCC5)c4)o3)n2)cc1. The molecule has 0 saturated carbocycles. The molecule has 2 aromatic carbocycles. The maximum absolute atomic E-state index is 13.0. The molecule has 176 valence electrons. The molecule has 0 spiro atoms. The molecule has 4 aromatic rings. The van der Waals surface area contributed by atoms with Crippen LogP contribution in [0.25, 0.3) is 22.8 Å². The van der Waals surface area contributed by atoms with Crippen molar-refractivity contribution in [3.05, 3.63) is 60.0 Å². The topological polar surface area (TPSA) is 115 Å². The highest BCUT2D eigenvalue weighted by Gasteiger charge is 2.26. The van der Waals surface area contributed by atoms with Crippen molar-refractivity contribution in [3.63, 3.8) is 0 Å². The molecule has 1 aliphatic rings. The Balaban J connectivity index is 1.26. The number of aryl methyl sites for hydroxylation is 1. The van der Waals surface area contributed by atoms with E-state index in [-0.39, 0.29) is 10.8 Å². The van der Waals surface area contributed by atoms with E-state index in [2.05, 4.69) is 20.3 Å². The summed E-state index contributed by atoms with van der Waals surface area (Å²) in [7, 11) is -3.54. The predicted molar refractivity (Wildman–Crippen MR) is 126 cm³/mol. The van der Waals surface area contributed by atoms with E-state index < -0.39 is 10.0 Å². The van der Waals surface area contributed by atoms with Gasteiger partial charge in [-0.25, -0.2) is 8.42 Å². The van der Waals surface area contributed by atoms with E-state index in [1.165, 1.54) is 11.8 Å². The van der Waals surface area contributed by atoms with Crippen molar-refractivity contribution in [2.24, 2.45) is 0 Å². The van der Waals surface area contributed by atoms with E-state index in [1.54, 1.807) is 28.6 Å². The van der Waals surface area contributed by atoms with Crippen molar-refractivity contribution < 1.29 is 17.4 Å². The maximum atomic E-state index is 13.0. The number of thioether (sulfide) groups is 1. The highest BCUT2D eigenvalue weighted by atomic mass is 32.2. The predicted octanol–water partition coefficient (Wildman–Crippen LogP) is 4.56. The zero-order chi connectivity index (χ0) is 23.5. The molecule has 0 N–H and O–H groups in total. The summed E-state index contributed by atoms with van der Waals surface area (Å²) in [4.78, 5) is 4.64. The van der Waals surface area contributed by atoms with E-state index >= 15 is 0 Å². The maximum Gasteiger partial charge on any atom is 0.277 e. The van der Waals surface area contributed by atoms with Crippen LogP contribution in [0, 0.1) is 6.92 Å². The van der Waals surface area contributed by atoms with Crippen molar-refractivity contribution >= 4 is 21.8 Å². The number of rotatable bonds is 7. The van der Waals surface area contributed by atoms with Crippen LogP contribution in [0.3, 0.4) is 0 Å². The first-order chi connectivity index (χ1) is 16.5. The monoisotopic (exact) mass is 497 g/mol. The first-order valence-electron chi connectivity index (χ1n) is 11.0. The first-order valence-corrected chi connectivity index (χ1v) is 13.4. The van der Waals surface area contributed by atoms with E-state index in [1.807, 2.05) is 31.2 Å². The lowest BCUT2D eigenvalue weighted by atomic mass is 10.1. The third kappa shape index (κ3) is 4.91. The Hall–Kier alpha value is -3.02. The summed E-state index contributed by atoms with van der Waals surface area (Å²) >= 11 is 1.27. The van der Waals surface area contributed by atoms with Gasteiger partial charge >= 0.3 is 0 Å². The van der Waals surface area contributed by atoms with Gasteiger partial charge in [0.25, 0.3) is 5.22 Å². The van der Waals surface area contributed by atoms with Crippen LogP contribution < -0.4 is 0 Å². The van der Waals surface area contributed by atoms with Gasteiger partial charge in [-0.15, -0.1) is 10.2 Å². The summed E-state index contributed by atoms with van der Waals surface area (Å²) in [6, 6.07) is 14.5. The van der Waals surface area contributed by atoms with Crippen molar-refractivity contribution in [1.82, 2.24) is 24.6 Å². The summed E-state index contributed by atoms with van der Waals surface area (Å²) in [5, 5.41) is 12.5. The molecule has 0 radical (unpaired) electrons. The Bertz CT molecular complexity index is 1380. The van der Waals surface area contributed by atoms with Gasteiger partial charge in [-0.2, -0.15) is 9.29 Å². The van der Waals surface area contributed by atoms with Gasteiger partial charge in [0, 0.05) is 24.2 Å². The summed E-state index contributed by atoms with van der Waals surface area (Å²) in [5.41, 5.74) is 2.59. The highest BCUT2D eigenvalue weighted by molar-refractivity contribution is 7.98. The van der Waals surface area contributed by atoms with Crippen molar-refractivity contribution in [2.75, 3.05) is 13.1 Å². The standard InChI is InChI=1S/C23H23N5O4S2/c1-16-8-10-17(11-9-16)21-24-20(32-27-21)15-33-23-26-25-22(31-23)18-6-5-7-19(14-18)34(29,30)28-12-3-2-4-13-28/h5-11,14H,2-4,12-13,15H2,1H3. The Labute approximate surface area is 201 Å². The molecule has 0 aliphatic carbocycles. The molecule has 34 heavy (non-hydrogen) atoms. The van der Waals surface area contributed by atoms with Gasteiger partial charge in [0.15, 0.2) is 0 Å². The molecule has 9 nitrogen and oxygen atoms in total. The van der Waals surface area contributed by atoms with Crippen LogP contribution in [0.1, 0.15) is 30.7 Å². The summed E-state index contributed by atoms with van der Waals surface area (Å²) in [6.07, 6.45) is 2.83. The van der Waals surface area contributed by atoms with Gasteiger partial charge in [0.1, 0.15) is 0 Å². The van der Waals surface area contributed by atoms with E-state index in [9.17, 15) is 8.42 Å². The summed E-state index contributed by atoms with van der Waals surface area (Å²) < 4.78 is 38.6. The quantitative estimate of drug-likeness (QED) is 0.339. The fourth-order valence-electron chi connectivity index (χ4n) is 3.69. The molecule has 1 saturated heterocycles. The van der Waals surface area contributed by atoms with Crippen LogP contribution in [-0.2, 0) is 15.8 Å². The highest BCUT2D eigenvalue weighted by Crippen LogP contribution is 2.29. The molecule has 0 amide bonds. The van der Waals surface area contributed by atoms with Crippen molar-refractivity contribution in [1.29, 1.82) is 0 Å². The Morgan fingerprint density at radius 1 is 1.00 bits per heavy atom. The van der Waals surface area contributed by atoms with Crippen LogP contribution in [-0.4, -0.2) is 46.2 Å². The minimum atomic E-state index is -3.54. The lowest BCUT2D eigenvalue weighted by molar-refractivity contribution is 0.346. The van der Waals surface area contributed by atoms with Gasteiger partial charge in [-0.1, -0.05) is 59.2 Å². The zero-order valence-electron chi connectivity index (χ0n) is 18.5. The summed E-state index contributed by atoms with van der Waals surface area (Å²) in [5.74, 6) is 1.58. The fourth-order valence-corrected chi connectivity index (χ4v) is 5.85. The molecule has 3 heterocycles. The average molecular weight is 498 g/mol. The third-order valence-corrected chi connectivity index (χ3v) is 8.24. The lowest BCUT2D eigenvalue weighted by Crippen LogP contribution is -2.35. The van der Waals surface area contributed by atoms with Crippen LogP contribution >= 0.6 is 11.8 Å². The summed E-state index contributed by atoms with van der Waals surface area (Å²) in [6.45, 7) is 3.12. The van der Waals surface area contributed by atoms with E-state index in [4.69, 9.17) is 8.94 Å². The second-order valence-electron chi connectivity index (χ2n) is 8.03. The normalized spacial score (nSPS) is 15.0. The molecule has 0 unspecified atom stereocenters. The van der Waals surface area contributed by atoms with Gasteiger partial charge in [0.05, 0.1) is 10.6 Å². The van der Waals surface area contributed by atoms with Crippen LogP contribution in [0.5, 0.6) is 0 Å². The average Bonchev–Trinajstić information content (AvgIpc) is 3.54. The van der Waals surface area contributed by atoms with Crippen LogP contribution in [0.2, 0.25) is 0 Å². The van der Waals surface area contributed by atoms with E-state index in [0.717, 1.165) is 30.4 Å². The fraction of sp³-hybridized carbons (Fsp3) is 0.304. The molecule has 0 bridgehead atoms. The zero-order valence-corrected chi connectivity index (χ0v) is 20.2. The van der Waals surface area contributed by atoms with Crippen LogP contribution in [0.4, 0.5) is 0 Å². The number of sulfonamides is 1. The molecule has 1 aliphatic heterocycles. The largest absolute Gasteiger partial charge is 0.411 e. The van der Waals surface area contributed by atoms with Crippen molar-refractivity contribution in [3.8, 4) is 22.8 Å².